The van der Waals surface area contributed by atoms with E-state index in [1.54, 1.807) is 33.0 Å². The highest BCUT2D eigenvalue weighted by atomic mass is 79.9. The molecular weight excluding hydrogens is 604 g/mol. The Kier molecular flexibility index (Phi) is 9.40. The molecule has 1 aromatic carbocycles. The zero-order valence-electron chi connectivity index (χ0n) is 22.8. The van der Waals surface area contributed by atoms with Crippen LogP contribution in [0.4, 0.5) is 10.5 Å². The summed E-state index contributed by atoms with van der Waals surface area (Å²) in [6, 6.07) is 4.74. The van der Waals surface area contributed by atoms with Crippen molar-refractivity contribution in [2.24, 2.45) is 5.92 Å². The molecule has 0 unspecified atom stereocenters. The number of ether oxygens (including phenoxy) is 1. The van der Waals surface area contributed by atoms with Crippen molar-refractivity contribution in [3.8, 4) is 0 Å². The summed E-state index contributed by atoms with van der Waals surface area (Å²) in [7, 11) is 0. The lowest BCUT2D eigenvalue weighted by molar-refractivity contribution is -0.138. The Hall–Kier alpha value is -3.12. The Morgan fingerprint density at radius 3 is 2.27 bits per heavy atom. The summed E-state index contributed by atoms with van der Waals surface area (Å²) in [6.45, 7) is 8.12. The zero-order valence-corrected chi connectivity index (χ0v) is 25.2. The van der Waals surface area contributed by atoms with Gasteiger partial charge in [0.25, 0.3) is 11.8 Å². The van der Waals surface area contributed by atoms with Gasteiger partial charge >= 0.3 is 6.09 Å². The van der Waals surface area contributed by atoms with Gasteiger partial charge in [0.05, 0.1) is 10.6 Å². The number of carbonyl (C=O) groups is 4. The Bertz CT molecular complexity index is 1260. The molecular formula is C27H34BrClN6O5. The Labute approximate surface area is 246 Å². The molecule has 0 spiro atoms. The molecule has 11 nitrogen and oxygen atoms in total. The van der Waals surface area contributed by atoms with E-state index in [0.717, 1.165) is 5.69 Å². The third kappa shape index (κ3) is 7.34. The van der Waals surface area contributed by atoms with Crippen LogP contribution in [0, 0.1) is 5.92 Å². The summed E-state index contributed by atoms with van der Waals surface area (Å²) in [5, 5.41) is 3.49. The van der Waals surface area contributed by atoms with Gasteiger partial charge in [0, 0.05) is 68.1 Å². The van der Waals surface area contributed by atoms with Crippen LogP contribution in [0.3, 0.4) is 0 Å². The normalized spacial score (nSPS) is 16.6. The molecule has 0 aliphatic carbocycles. The summed E-state index contributed by atoms with van der Waals surface area (Å²) in [5.74, 6) is -0.557. The van der Waals surface area contributed by atoms with E-state index in [-0.39, 0.29) is 34.7 Å². The summed E-state index contributed by atoms with van der Waals surface area (Å²) in [4.78, 5) is 63.1. The standard InChI is InChI=1S/C27H34BrClN6O5/c1-27(2,3)40-26(39)35-8-6-17(7-9-35)24(37)33-10-12-34(13-11-33)25(38)20-5-4-18(14-21(20)29)32-23(36)22-30-16-19(15-28)31-22/h4-5,14,16-17H,6-13,15H2,1-3H3,(H,30,31)(H,32,36). The van der Waals surface area contributed by atoms with E-state index < -0.39 is 11.5 Å². The van der Waals surface area contributed by atoms with E-state index in [4.69, 9.17) is 16.3 Å². The number of halogens is 2. The fourth-order valence-electron chi connectivity index (χ4n) is 4.69. The fraction of sp³-hybridized carbons (Fsp3) is 0.519. The topological polar surface area (TPSA) is 128 Å². The van der Waals surface area contributed by atoms with Gasteiger partial charge in [-0.3, -0.25) is 14.4 Å². The van der Waals surface area contributed by atoms with E-state index in [1.165, 1.54) is 6.07 Å². The van der Waals surface area contributed by atoms with Crippen LogP contribution in [0.2, 0.25) is 5.02 Å². The largest absolute Gasteiger partial charge is 0.444 e. The number of alkyl halides is 1. The van der Waals surface area contributed by atoms with Gasteiger partial charge in [-0.05, 0) is 51.8 Å². The average molecular weight is 638 g/mol. The number of piperazine rings is 1. The monoisotopic (exact) mass is 636 g/mol. The second-order valence-corrected chi connectivity index (χ2v) is 11.9. The van der Waals surface area contributed by atoms with Crippen LogP contribution in [-0.2, 0) is 14.9 Å². The van der Waals surface area contributed by atoms with Gasteiger partial charge in [-0.25, -0.2) is 9.78 Å². The number of imidazole rings is 1. The third-order valence-corrected chi connectivity index (χ3v) is 7.74. The van der Waals surface area contributed by atoms with Crippen LogP contribution < -0.4 is 5.32 Å². The molecule has 2 fully saturated rings. The third-order valence-electron chi connectivity index (χ3n) is 6.82. The average Bonchev–Trinajstić information content (AvgIpc) is 3.41. The number of likely N-dealkylation sites (tertiary alicyclic amines) is 1. The molecule has 4 rings (SSSR count). The van der Waals surface area contributed by atoms with Gasteiger partial charge in [0.15, 0.2) is 5.82 Å². The number of amides is 4. The number of benzene rings is 1. The number of aromatic amines is 1. The van der Waals surface area contributed by atoms with Gasteiger partial charge in [-0.15, -0.1) is 0 Å². The predicted molar refractivity (Wildman–Crippen MR) is 154 cm³/mol. The van der Waals surface area contributed by atoms with Crippen LogP contribution in [0.25, 0.3) is 0 Å². The maximum atomic E-state index is 13.2. The van der Waals surface area contributed by atoms with Crippen molar-refractivity contribution in [2.75, 3.05) is 44.6 Å². The van der Waals surface area contributed by atoms with Crippen molar-refractivity contribution in [1.82, 2.24) is 24.7 Å². The Balaban J connectivity index is 1.26. The Morgan fingerprint density at radius 2 is 1.70 bits per heavy atom. The molecule has 0 radical (unpaired) electrons. The molecule has 2 N–H and O–H groups in total. The summed E-state index contributed by atoms with van der Waals surface area (Å²) >= 11 is 9.72. The highest BCUT2D eigenvalue weighted by Crippen LogP contribution is 2.25. The smallest absolute Gasteiger partial charge is 0.410 e. The second kappa shape index (κ2) is 12.6. The number of piperidine rings is 1. The molecule has 1 aromatic heterocycles. The predicted octanol–water partition coefficient (Wildman–Crippen LogP) is 4.14. The first-order valence-electron chi connectivity index (χ1n) is 13.2. The van der Waals surface area contributed by atoms with Crippen LogP contribution in [0.15, 0.2) is 24.4 Å². The van der Waals surface area contributed by atoms with E-state index >= 15 is 0 Å². The van der Waals surface area contributed by atoms with Crippen molar-refractivity contribution < 1.29 is 23.9 Å². The van der Waals surface area contributed by atoms with Crippen LogP contribution in [0.5, 0.6) is 0 Å². The maximum Gasteiger partial charge on any atom is 0.410 e. The number of anilines is 1. The van der Waals surface area contributed by atoms with E-state index in [9.17, 15) is 19.2 Å². The van der Waals surface area contributed by atoms with Crippen LogP contribution >= 0.6 is 27.5 Å². The molecule has 13 heteroatoms. The number of carbonyl (C=O) groups excluding carboxylic acids is 4. The van der Waals surface area contributed by atoms with Gasteiger partial charge in [0.2, 0.25) is 5.91 Å². The van der Waals surface area contributed by atoms with E-state index in [1.807, 2.05) is 20.8 Å². The van der Waals surface area contributed by atoms with Crippen molar-refractivity contribution in [3.63, 3.8) is 0 Å². The number of rotatable bonds is 5. The Morgan fingerprint density at radius 1 is 1.05 bits per heavy atom. The van der Waals surface area contributed by atoms with Crippen molar-refractivity contribution >= 4 is 57.0 Å². The van der Waals surface area contributed by atoms with Crippen LogP contribution in [0.1, 0.15) is 60.3 Å². The number of nitrogens with one attached hydrogen (secondary N) is 2. The summed E-state index contributed by atoms with van der Waals surface area (Å²) in [6.07, 6.45) is 2.41. The maximum absolute atomic E-state index is 13.2. The number of hydrogen-bond donors (Lipinski definition) is 2. The van der Waals surface area contributed by atoms with Crippen molar-refractivity contribution in [3.05, 3.63) is 46.5 Å². The lowest BCUT2D eigenvalue weighted by Crippen LogP contribution is -2.53. The fourth-order valence-corrected chi connectivity index (χ4v) is 5.24. The molecule has 40 heavy (non-hydrogen) atoms. The molecule has 2 aliphatic rings. The van der Waals surface area contributed by atoms with Gasteiger partial charge in [0.1, 0.15) is 5.60 Å². The first kappa shape index (κ1) is 29.9. The van der Waals surface area contributed by atoms with Gasteiger partial charge in [-0.1, -0.05) is 27.5 Å². The quantitative estimate of drug-likeness (QED) is 0.475. The van der Waals surface area contributed by atoms with E-state index in [2.05, 4.69) is 31.2 Å². The molecule has 3 heterocycles. The zero-order chi connectivity index (χ0) is 29.0. The lowest BCUT2D eigenvalue weighted by atomic mass is 9.95. The summed E-state index contributed by atoms with van der Waals surface area (Å²) in [5.41, 5.74) is 0.987. The minimum atomic E-state index is -0.555. The molecule has 0 atom stereocenters. The number of nitrogens with zero attached hydrogens (tertiary/aromatic N) is 4. The van der Waals surface area contributed by atoms with E-state index in [0.29, 0.717) is 68.7 Å². The SMILES string of the molecule is CC(C)(C)OC(=O)N1CCC(C(=O)N2CCN(C(=O)c3ccc(NC(=O)c4ncc(CBr)[nH]4)cc3Cl)CC2)CC1. The molecule has 0 saturated carbocycles. The van der Waals surface area contributed by atoms with Crippen molar-refractivity contribution in [2.45, 2.75) is 44.5 Å². The van der Waals surface area contributed by atoms with Crippen molar-refractivity contribution in [1.29, 1.82) is 0 Å². The molecule has 2 aliphatic heterocycles. The minimum Gasteiger partial charge on any atom is -0.444 e. The number of H-pyrrole nitrogens is 1. The molecule has 4 amide bonds. The van der Waals surface area contributed by atoms with Crippen LogP contribution in [-0.4, -0.2) is 93.4 Å². The highest BCUT2D eigenvalue weighted by molar-refractivity contribution is 9.08. The molecule has 0 bridgehead atoms. The highest BCUT2D eigenvalue weighted by Gasteiger charge is 2.34. The lowest BCUT2D eigenvalue weighted by Gasteiger charge is -2.38. The number of aromatic nitrogens is 2. The number of hydrogen-bond acceptors (Lipinski definition) is 6. The minimum absolute atomic E-state index is 0.0638. The first-order chi connectivity index (χ1) is 18.9. The van der Waals surface area contributed by atoms with Gasteiger partial charge in [-0.2, -0.15) is 0 Å². The summed E-state index contributed by atoms with van der Waals surface area (Å²) < 4.78 is 5.44. The first-order valence-corrected chi connectivity index (χ1v) is 14.7. The second-order valence-electron chi connectivity index (χ2n) is 10.9. The molecule has 216 valence electrons. The molecule has 2 saturated heterocycles. The molecule has 2 aromatic rings. The van der Waals surface area contributed by atoms with Gasteiger partial charge < -0.3 is 29.7 Å².